The Labute approximate surface area is 204 Å². The number of sulfonamides is 1. The topological polar surface area (TPSA) is 174 Å². The van der Waals surface area contributed by atoms with Crippen molar-refractivity contribution in [2.45, 2.75) is 42.2 Å². The van der Waals surface area contributed by atoms with Gasteiger partial charge < -0.3 is 20.7 Å². The average molecular weight is 528 g/mol. The van der Waals surface area contributed by atoms with Crippen molar-refractivity contribution in [1.82, 2.24) is 9.62 Å². The summed E-state index contributed by atoms with van der Waals surface area (Å²) in [5, 5.41) is 33.4. The molecule has 4 N–H and O–H groups in total. The molecule has 0 aliphatic heterocycles. The molecule has 1 amide bonds. The SMILES string of the molecule is CC(C)CN(C[C@@H](O)[C@H](Cc1ccccc1)NC(=O)O)S(=O)(=O)c1ccc(S(=O)(=O)C=NO)cc1. The Hall–Kier alpha value is -3.00. The van der Waals surface area contributed by atoms with Crippen LogP contribution in [0.2, 0.25) is 0 Å². The van der Waals surface area contributed by atoms with E-state index in [1.165, 1.54) is 0 Å². The van der Waals surface area contributed by atoms with Crippen LogP contribution in [-0.4, -0.2) is 73.4 Å². The van der Waals surface area contributed by atoms with E-state index < -0.39 is 44.6 Å². The Bertz CT molecular complexity index is 1220. The van der Waals surface area contributed by atoms with Crippen LogP contribution in [-0.2, 0) is 26.3 Å². The minimum absolute atomic E-state index is 0.0295. The zero-order chi connectivity index (χ0) is 26.2. The van der Waals surface area contributed by atoms with Gasteiger partial charge in [-0.05, 0) is 42.2 Å². The van der Waals surface area contributed by atoms with E-state index in [0.717, 1.165) is 34.1 Å². The van der Waals surface area contributed by atoms with Crippen molar-refractivity contribution in [2.24, 2.45) is 11.1 Å². The quantitative estimate of drug-likeness (QED) is 0.140. The maximum atomic E-state index is 13.4. The molecule has 35 heavy (non-hydrogen) atoms. The van der Waals surface area contributed by atoms with Crippen LogP contribution >= 0.6 is 0 Å². The number of nitrogens with one attached hydrogen (secondary N) is 1. The number of aliphatic hydroxyl groups is 1. The molecule has 0 aromatic heterocycles. The molecule has 0 spiro atoms. The molecule has 11 nitrogen and oxygen atoms in total. The van der Waals surface area contributed by atoms with Crippen molar-refractivity contribution in [1.29, 1.82) is 0 Å². The Kier molecular flexibility index (Phi) is 9.77. The van der Waals surface area contributed by atoms with E-state index in [9.17, 15) is 31.8 Å². The van der Waals surface area contributed by atoms with Crippen LogP contribution in [0.15, 0.2) is 69.5 Å². The van der Waals surface area contributed by atoms with E-state index in [2.05, 4.69) is 10.5 Å². The zero-order valence-corrected chi connectivity index (χ0v) is 20.9. The van der Waals surface area contributed by atoms with Gasteiger partial charge in [0.15, 0.2) is 5.55 Å². The van der Waals surface area contributed by atoms with E-state index in [1.807, 2.05) is 0 Å². The largest absolute Gasteiger partial charge is 0.465 e. The second-order valence-electron chi connectivity index (χ2n) is 8.27. The predicted molar refractivity (Wildman–Crippen MR) is 129 cm³/mol. The number of rotatable bonds is 12. The van der Waals surface area contributed by atoms with Crippen LogP contribution < -0.4 is 5.32 Å². The van der Waals surface area contributed by atoms with Gasteiger partial charge in [0, 0.05) is 13.1 Å². The molecule has 0 unspecified atom stereocenters. The normalized spacial score (nSPS) is 14.3. The van der Waals surface area contributed by atoms with Gasteiger partial charge in [-0.15, -0.1) is 0 Å². The van der Waals surface area contributed by atoms with Crippen LogP contribution in [0, 0.1) is 5.92 Å². The number of benzene rings is 2. The summed E-state index contributed by atoms with van der Waals surface area (Å²) in [5.41, 5.74) is 1.09. The fourth-order valence-corrected chi connectivity index (χ4v) is 5.78. The number of oxime groups is 1. The number of hydrogen-bond donors (Lipinski definition) is 4. The molecular formula is C22H29N3O8S2. The fraction of sp³-hybridized carbons (Fsp3) is 0.364. The summed E-state index contributed by atoms with van der Waals surface area (Å²) in [6.45, 7) is 3.21. The molecule has 0 saturated carbocycles. The molecule has 13 heteroatoms. The lowest BCUT2D eigenvalue weighted by Crippen LogP contribution is -2.50. The molecule has 0 aliphatic carbocycles. The summed E-state index contributed by atoms with van der Waals surface area (Å²) in [7, 11) is -8.22. The Morgan fingerprint density at radius 1 is 1.00 bits per heavy atom. The summed E-state index contributed by atoms with van der Waals surface area (Å²) in [6, 6.07) is 12.2. The van der Waals surface area contributed by atoms with Gasteiger partial charge in [0.2, 0.25) is 19.9 Å². The molecule has 0 heterocycles. The van der Waals surface area contributed by atoms with Crippen LogP contribution in [0.4, 0.5) is 4.79 Å². The average Bonchev–Trinajstić information content (AvgIpc) is 2.78. The molecule has 192 valence electrons. The fourth-order valence-electron chi connectivity index (χ4n) is 3.40. The molecule has 2 rings (SSSR count). The maximum Gasteiger partial charge on any atom is 0.404 e. The molecule has 0 fully saturated rings. The zero-order valence-electron chi connectivity index (χ0n) is 19.2. The third kappa shape index (κ3) is 8.02. The highest BCUT2D eigenvalue weighted by Crippen LogP contribution is 2.21. The molecular weight excluding hydrogens is 498 g/mol. The van der Waals surface area contributed by atoms with Crippen LogP contribution in [0.3, 0.4) is 0 Å². The molecule has 0 saturated heterocycles. The Morgan fingerprint density at radius 3 is 2.09 bits per heavy atom. The number of carboxylic acid groups (broad SMARTS) is 1. The third-order valence-corrected chi connectivity index (χ3v) is 8.15. The Balaban J connectivity index is 2.34. The smallest absolute Gasteiger partial charge is 0.404 e. The standard InChI is InChI=1S/C22H29N3O8S2/c1-16(2)13-25(14-21(26)20(24-22(27)28)12-17-6-4-3-5-7-17)35(32,33)19-10-8-18(9-11-19)34(30,31)15-23-29/h3-11,15-16,20-21,24,26,29H,12-14H2,1-2H3,(H,27,28)/t20-,21+/m0/s1. The lowest BCUT2D eigenvalue weighted by Gasteiger charge is -2.30. The molecule has 2 aromatic rings. The Morgan fingerprint density at radius 2 is 1.57 bits per heavy atom. The van der Waals surface area contributed by atoms with Gasteiger partial charge in [0.25, 0.3) is 0 Å². The van der Waals surface area contributed by atoms with Gasteiger partial charge in [-0.25, -0.2) is 21.6 Å². The van der Waals surface area contributed by atoms with E-state index in [0.29, 0.717) is 5.55 Å². The molecule has 2 atom stereocenters. The van der Waals surface area contributed by atoms with Crippen LogP contribution in [0.1, 0.15) is 19.4 Å². The van der Waals surface area contributed by atoms with Crippen LogP contribution in [0.5, 0.6) is 0 Å². The van der Waals surface area contributed by atoms with Crippen molar-refractivity contribution in [2.75, 3.05) is 13.1 Å². The molecule has 2 aromatic carbocycles. The van der Waals surface area contributed by atoms with Gasteiger partial charge >= 0.3 is 6.09 Å². The minimum atomic E-state index is -4.18. The number of sulfone groups is 1. The lowest BCUT2D eigenvalue weighted by atomic mass is 10.0. The monoisotopic (exact) mass is 527 g/mol. The van der Waals surface area contributed by atoms with Crippen molar-refractivity contribution >= 4 is 31.5 Å². The molecule has 0 aliphatic rings. The lowest BCUT2D eigenvalue weighted by molar-refractivity contribution is 0.0980. The first kappa shape index (κ1) is 28.2. The van der Waals surface area contributed by atoms with Gasteiger partial charge in [-0.3, -0.25) is 0 Å². The van der Waals surface area contributed by atoms with E-state index >= 15 is 0 Å². The minimum Gasteiger partial charge on any atom is -0.465 e. The summed E-state index contributed by atoms with van der Waals surface area (Å²) in [6.07, 6.45) is -2.59. The van der Waals surface area contributed by atoms with E-state index in [4.69, 9.17) is 5.21 Å². The van der Waals surface area contributed by atoms with Crippen molar-refractivity contribution in [3.05, 3.63) is 60.2 Å². The first-order valence-electron chi connectivity index (χ1n) is 10.6. The first-order valence-corrected chi connectivity index (χ1v) is 13.6. The first-order chi connectivity index (χ1) is 16.4. The van der Waals surface area contributed by atoms with E-state index in [-0.39, 0.29) is 28.7 Å². The molecule has 0 radical (unpaired) electrons. The van der Waals surface area contributed by atoms with Crippen molar-refractivity contribution in [3.63, 3.8) is 0 Å². The maximum absolute atomic E-state index is 13.4. The molecule has 0 bridgehead atoms. The van der Waals surface area contributed by atoms with Gasteiger partial charge in [0.1, 0.15) is 0 Å². The van der Waals surface area contributed by atoms with Crippen LogP contribution in [0.25, 0.3) is 0 Å². The number of nitrogens with zero attached hydrogens (tertiary/aromatic N) is 2. The highest BCUT2D eigenvalue weighted by molar-refractivity contribution is 8.04. The van der Waals surface area contributed by atoms with E-state index in [1.54, 1.807) is 44.2 Å². The summed E-state index contributed by atoms with van der Waals surface area (Å²) in [4.78, 5) is 10.8. The van der Waals surface area contributed by atoms with Crippen molar-refractivity contribution in [3.8, 4) is 0 Å². The number of aliphatic hydroxyl groups excluding tert-OH is 1. The van der Waals surface area contributed by atoms with Gasteiger partial charge in [-0.2, -0.15) is 4.31 Å². The highest BCUT2D eigenvalue weighted by atomic mass is 32.2. The summed E-state index contributed by atoms with van der Waals surface area (Å²) < 4.78 is 51.7. The van der Waals surface area contributed by atoms with Crippen molar-refractivity contribution < 1.29 is 37.1 Å². The van der Waals surface area contributed by atoms with Gasteiger partial charge in [0.05, 0.1) is 21.9 Å². The third-order valence-electron chi connectivity index (χ3n) is 5.01. The number of carbonyl (C=O) groups is 1. The second kappa shape index (κ2) is 12.1. The van der Waals surface area contributed by atoms with Gasteiger partial charge in [-0.1, -0.05) is 49.3 Å². The summed E-state index contributed by atoms with van der Waals surface area (Å²) in [5.74, 6) is -0.127. The number of hydrogen-bond acceptors (Lipinski definition) is 8. The highest BCUT2D eigenvalue weighted by Gasteiger charge is 2.31. The number of amides is 1. The predicted octanol–water partition coefficient (Wildman–Crippen LogP) is 1.76. The second-order valence-corrected chi connectivity index (χ2v) is 12.0. The summed E-state index contributed by atoms with van der Waals surface area (Å²) >= 11 is 0.